The highest BCUT2D eigenvalue weighted by Gasteiger charge is 2.16. The van der Waals surface area contributed by atoms with Crippen molar-refractivity contribution in [2.75, 3.05) is 19.0 Å². The Morgan fingerprint density at radius 3 is 1.89 bits per heavy atom. The summed E-state index contributed by atoms with van der Waals surface area (Å²) in [6, 6.07) is 0. The molecule has 0 spiro atoms. The van der Waals surface area contributed by atoms with Crippen LogP contribution < -0.4 is 0 Å². The monoisotopic (exact) mass is 524 g/mol. The number of rotatable bonds is 22. The standard InChI is InChI=1S/C29H48O4S2/c1-2-3-4-5-6-7-8-9-10-11-12-13-14-15-16-21-28(30)32-24-19-25-33-29(31)22-18-17-20-27-23-26-34-35-27/h6-7,9-10,12-13,27H,2-5,8,11,14-26H2,1H3/b7-6-,10-9-,13-12-. The van der Waals surface area contributed by atoms with Gasteiger partial charge in [0, 0.05) is 30.3 Å². The van der Waals surface area contributed by atoms with E-state index in [-0.39, 0.29) is 11.9 Å². The molecule has 200 valence electrons. The SMILES string of the molecule is CCCCC/C=C\C/C=C\C/C=C\CCCCC(=O)OCCCOC(=O)CCCCC1CCSS1. The highest BCUT2D eigenvalue weighted by atomic mass is 33.1. The quantitative estimate of drug-likeness (QED) is 0.0610. The van der Waals surface area contributed by atoms with E-state index in [0.717, 1.165) is 50.2 Å². The Hall–Kier alpha value is -1.14. The maximum Gasteiger partial charge on any atom is 0.305 e. The van der Waals surface area contributed by atoms with Crippen molar-refractivity contribution in [1.82, 2.24) is 0 Å². The van der Waals surface area contributed by atoms with Crippen molar-refractivity contribution < 1.29 is 19.1 Å². The molecule has 0 N–H and O–H groups in total. The van der Waals surface area contributed by atoms with Crippen LogP contribution in [0.1, 0.15) is 110 Å². The molecule has 1 aliphatic heterocycles. The van der Waals surface area contributed by atoms with Crippen LogP contribution in [0.3, 0.4) is 0 Å². The van der Waals surface area contributed by atoms with Crippen LogP contribution >= 0.6 is 21.6 Å². The molecule has 1 unspecified atom stereocenters. The Morgan fingerprint density at radius 2 is 1.31 bits per heavy atom. The molecule has 0 aromatic heterocycles. The van der Waals surface area contributed by atoms with E-state index in [1.807, 2.05) is 21.6 Å². The average Bonchev–Trinajstić information content (AvgIpc) is 3.37. The summed E-state index contributed by atoms with van der Waals surface area (Å²) in [5, 5.41) is 0.770. The number of allylic oxidation sites excluding steroid dienone is 6. The molecule has 4 nitrogen and oxygen atoms in total. The van der Waals surface area contributed by atoms with Crippen molar-refractivity contribution in [1.29, 1.82) is 0 Å². The third-order valence-electron chi connectivity index (χ3n) is 5.72. The lowest BCUT2D eigenvalue weighted by atomic mass is 10.1. The molecule has 0 bridgehead atoms. The third-order valence-corrected chi connectivity index (χ3v) is 8.73. The summed E-state index contributed by atoms with van der Waals surface area (Å²) in [6.45, 7) is 2.88. The van der Waals surface area contributed by atoms with Gasteiger partial charge in [-0.3, -0.25) is 9.59 Å². The van der Waals surface area contributed by atoms with E-state index in [1.54, 1.807) is 0 Å². The van der Waals surface area contributed by atoms with Crippen LogP contribution in [0.5, 0.6) is 0 Å². The minimum atomic E-state index is -0.158. The van der Waals surface area contributed by atoms with Crippen molar-refractivity contribution in [3.8, 4) is 0 Å². The Balaban J connectivity index is 1.83. The summed E-state index contributed by atoms with van der Waals surface area (Å²) in [4.78, 5) is 23.5. The van der Waals surface area contributed by atoms with Crippen LogP contribution in [0, 0.1) is 0 Å². The van der Waals surface area contributed by atoms with Gasteiger partial charge in [0.1, 0.15) is 0 Å². The number of carbonyl (C=O) groups excluding carboxylic acids is 2. The molecule has 35 heavy (non-hydrogen) atoms. The summed E-state index contributed by atoms with van der Waals surface area (Å²) < 4.78 is 10.5. The fourth-order valence-corrected chi connectivity index (χ4v) is 6.63. The number of hydrogen-bond acceptors (Lipinski definition) is 6. The number of hydrogen-bond donors (Lipinski definition) is 0. The average molecular weight is 525 g/mol. The molecule has 1 heterocycles. The number of esters is 2. The van der Waals surface area contributed by atoms with E-state index in [1.165, 1.54) is 44.3 Å². The lowest BCUT2D eigenvalue weighted by molar-refractivity contribution is -0.146. The molecule has 0 aromatic rings. The molecule has 6 heteroatoms. The van der Waals surface area contributed by atoms with Crippen LogP contribution in [0.15, 0.2) is 36.5 Å². The summed E-state index contributed by atoms with van der Waals surface area (Å²) in [6.07, 6.45) is 29.3. The van der Waals surface area contributed by atoms with Crippen molar-refractivity contribution in [3.05, 3.63) is 36.5 Å². The van der Waals surface area contributed by atoms with Gasteiger partial charge in [-0.15, -0.1) is 0 Å². The van der Waals surface area contributed by atoms with Crippen LogP contribution in [-0.2, 0) is 19.1 Å². The number of ether oxygens (including phenoxy) is 2. The normalized spacial score (nSPS) is 16.1. The Kier molecular flexibility index (Phi) is 22.4. The van der Waals surface area contributed by atoms with E-state index in [2.05, 4.69) is 43.4 Å². The minimum Gasteiger partial charge on any atom is -0.466 e. The molecule has 1 fully saturated rings. The molecule has 0 amide bonds. The fraction of sp³-hybridized carbons (Fsp3) is 0.724. The first-order valence-corrected chi connectivity index (χ1v) is 16.1. The molecular formula is C29H48O4S2. The van der Waals surface area contributed by atoms with Gasteiger partial charge < -0.3 is 9.47 Å². The zero-order chi connectivity index (χ0) is 25.2. The first kappa shape index (κ1) is 31.9. The second kappa shape index (κ2) is 24.5. The maximum atomic E-state index is 11.8. The van der Waals surface area contributed by atoms with Gasteiger partial charge in [0.15, 0.2) is 0 Å². The summed E-state index contributed by atoms with van der Waals surface area (Å²) in [5.41, 5.74) is 0. The van der Waals surface area contributed by atoms with Crippen molar-refractivity contribution in [2.45, 2.75) is 115 Å². The summed E-state index contributed by atoms with van der Waals surface area (Å²) in [7, 11) is 3.95. The van der Waals surface area contributed by atoms with Crippen LogP contribution in [0.25, 0.3) is 0 Å². The van der Waals surface area contributed by atoms with Crippen LogP contribution in [-0.4, -0.2) is 36.2 Å². The molecule has 1 aliphatic rings. The minimum absolute atomic E-state index is 0.136. The van der Waals surface area contributed by atoms with Crippen molar-refractivity contribution in [2.24, 2.45) is 0 Å². The molecule has 0 aliphatic carbocycles. The lowest BCUT2D eigenvalue weighted by Gasteiger charge is -2.08. The highest BCUT2D eigenvalue weighted by Crippen LogP contribution is 2.39. The molecule has 1 rings (SSSR count). The smallest absolute Gasteiger partial charge is 0.305 e. The fourth-order valence-electron chi connectivity index (χ4n) is 3.60. The molecule has 1 saturated heterocycles. The third kappa shape index (κ3) is 21.8. The highest BCUT2D eigenvalue weighted by molar-refractivity contribution is 8.77. The Bertz CT molecular complexity index is 610. The van der Waals surface area contributed by atoms with Gasteiger partial charge in [-0.05, 0) is 64.2 Å². The van der Waals surface area contributed by atoms with Gasteiger partial charge >= 0.3 is 11.9 Å². The van der Waals surface area contributed by atoms with Gasteiger partial charge in [0.05, 0.1) is 13.2 Å². The Labute approximate surface area is 222 Å². The topological polar surface area (TPSA) is 52.6 Å². The first-order chi connectivity index (χ1) is 17.2. The first-order valence-electron chi connectivity index (χ1n) is 13.8. The van der Waals surface area contributed by atoms with E-state index in [0.29, 0.717) is 32.5 Å². The Morgan fingerprint density at radius 1 is 0.743 bits per heavy atom. The van der Waals surface area contributed by atoms with Crippen molar-refractivity contribution >= 4 is 33.5 Å². The van der Waals surface area contributed by atoms with Gasteiger partial charge in [0.2, 0.25) is 0 Å². The van der Waals surface area contributed by atoms with E-state index < -0.39 is 0 Å². The van der Waals surface area contributed by atoms with E-state index >= 15 is 0 Å². The van der Waals surface area contributed by atoms with Crippen LogP contribution in [0.4, 0.5) is 0 Å². The zero-order valence-electron chi connectivity index (χ0n) is 21.9. The number of unbranched alkanes of at least 4 members (excludes halogenated alkanes) is 6. The van der Waals surface area contributed by atoms with E-state index in [9.17, 15) is 9.59 Å². The molecule has 1 atom stereocenters. The number of carbonyl (C=O) groups is 2. The predicted octanol–water partition coefficient (Wildman–Crippen LogP) is 8.77. The molecule has 0 aromatic carbocycles. The largest absolute Gasteiger partial charge is 0.466 e. The van der Waals surface area contributed by atoms with Gasteiger partial charge in [0.25, 0.3) is 0 Å². The van der Waals surface area contributed by atoms with Crippen LogP contribution in [0.2, 0.25) is 0 Å². The van der Waals surface area contributed by atoms with Gasteiger partial charge in [-0.25, -0.2) is 0 Å². The second-order valence-corrected chi connectivity index (χ2v) is 11.8. The summed E-state index contributed by atoms with van der Waals surface area (Å²) >= 11 is 0. The predicted molar refractivity (Wildman–Crippen MR) is 153 cm³/mol. The van der Waals surface area contributed by atoms with Crippen molar-refractivity contribution in [3.63, 3.8) is 0 Å². The second-order valence-electron chi connectivity index (χ2n) is 9.00. The van der Waals surface area contributed by atoms with E-state index in [4.69, 9.17) is 9.47 Å². The maximum absolute atomic E-state index is 11.8. The summed E-state index contributed by atoms with van der Waals surface area (Å²) in [5.74, 6) is 0.965. The molecule has 0 radical (unpaired) electrons. The molecule has 0 saturated carbocycles. The molecular weight excluding hydrogens is 476 g/mol. The zero-order valence-corrected chi connectivity index (χ0v) is 23.6. The van der Waals surface area contributed by atoms with Gasteiger partial charge in [-0.2, -0.15) is 0 Å². The lowest BCUT2D eigenvalue weighted by Crippen LogP contribution is -2.10. The van der Waals surface area contributed by atoms with Gasteiger partial charge in [-0.1, -0.05) is 84.2 Å².